The average molecular weight is 406 g/mol. The molecule has 30 heavy (non-hydrogen) atoms. The van der Waals surface area contributed by atoms with Crippen LogP contribution in [0.5, 0.6) is 5.75 Å². The summed E-state index contributed by atoms with van der Waals surface area (Å²) in [6.07, 6.45) is 4.35. The van der Waals surface area contributed by atoms with Crippen LogP contribution in [0, 0.1) is 5.82 Å². The van der Waals surface area contributed by atoms with Crippen molar-refractivity contribution in [1.29, 1.82) is 0 Å². The summed E-state index contributed by atoms with van der Waals surface area (Å²) in [5.41, 5.74) is 2.47. The molecule has 1 aromatic heterocycles. The Morgan fingerprint density at radius 3 is 2.73 bits per heavy atom. The molecule has 3 aromatic rings. The second-order valence-corrected chi connectivity index (χ2v) is 7.28. The summed E-state index contributed by atoms with van der Waals surface area (Å²) in [5, 5.41) is 0. The SMILES string of the molecule is O=C(c1cccc(OCc2ccc(F)cc2)c1)N1CCC(OCc2cccnc2)C1. The number of aromatic nitrogens is 1. The van der Waals surface area contributed by atoms with Crippen molar-refractivity contribution >= 4 is 5.91 Å². The van der Waals surface area contributed by atoms with Crippen molar-refractivity contribution in [3.8, 4) is 5.75 Å². The smallest absolute Gasteiger partial charge is 0.254 e. The van der Waals surface area contributed by atoms with E-state index in [-0.39, 0.29) is 17.8 Å². The molecule has 1 aliphatic heterocycles. The number of hydrogen-bond donors (Lipinski definition) is 0. The van der Waals surface area contributed by atoms with E-state index in [1.54, 1.807) is 42.7 Å². The highest BCUT2D eigenvalue weighted by molar-refractivity contribution is 5.94. The Balaban J connectivity index is 1.31. The Labute approximate surface area is 175 Å². The van der Waals surface area contributed by atoms with Crippen LogP contribution in [0.15, 0.2) is 73.1 Å². The zero-order valence-electron chi connectivity index (χ0n) is 16.5. The molecule has 1 unspecified atom stereocenters. The minimum Gasteiger partial charge on any atom is -0.489 e. The molecule has 2 heterocycles. The summed E-state index contributed by atoms with van der Waals surface area (Å²) in [7, 11) is 0. The van der Waals surface area contributed by atoms with Gasteiger partial charge in [0.15, 0.2) is 0 Å². The number of benzene rings is 2. The zero-order valence-corrected chi connectivity index (χ0v) is 16.5. The summed E-state index contributed by atoms with van der Waals surface area (Å²) >= 11 is 0. The number of carbonyl (C=O) groups is 1. The van der Waals surface area contributed by atoms with Crippen molar-refractivity contribution in [3.05, 3.63) is 95.6 Å². The standard InChI is InChI=1S/C24H23FN2O3/c25-21-8-6-18(7-9-21)16-29-22-5-1-4-20(13-22)24(28)27-12-10-23(15-27)30-17-19-3-2-11-26-14-19/h1-9,11,13-14,23H,10,12,15-17H2. The molecule has 2 aromatic carbocycles. The lowest BCUT2D eigenvalue weighted by Crippen LogP contribution is -2.30. The zero-order chi connectivity index (χ0) is 20.8. The molecule has 0 N–H and O–H groups in total. The first kappa shape index (κ1) is 20.0. The van der Waals surface area contributed by atoms with Gasteiger partial charge in [0, 0.05) is 31.0 Å². The highest BCUT2D eigenvalue weighted by Gasteiger charge is 2.27. The van der Waals surface area contributed by atoms with Gasteiger partial charge in [-0.15, -0.1) is 0 Å². The van der Waals surface area contributed by atoms with Gasteiger partial charge in [-0.25, -0.2) is 4.39 Å². The third-order valence-corrected chi connectivity index (χ3v) is 5.04. The van der Waals surface area contributed by atoms with E-state index >= 15 is 0 Å². The van der Waals surface area contributed by atoms with E-state index in [1.165, 1.54) is 12.1 Å². The number of likely N-dealkylation sites (tertiary alicyclic amines) is 1. The minimum atomic E-state index is -0.278. The number of rotatable bonds is 7. The molecular formula is C24H23FN2O3. The Morgan fingerprint density at radius 1 is 1.07 bits per heavy atom. The van der Waals surface area contributed by atoms with Gasteiger partial charge in [0.05, 0.1) is 12.7 Å². The van der Waals surface area contributed by atoms with Gasteiger partial charge in [-0.05, 0) is 53.9 Å². The Morgan fingerprint density at radius 2 is 1.93 bits per heavy atom. The van der Waals surface area contributed by atoms with Crippen molar-refractivity contribution in [2.45, 2.75) is 25.7 Å². The van der Waals surface area contributed by atoms with Gasteiger partial charge in [-0.2, -0.15) is 0 Å². The fourth-order valence-corrected chi connectivity index (χ4v) is 3.40. The first-order valence-corrected chi connectivity index (χ1v) is 9.94. The lowest BCUT2D eigenvalue weighted by Gasteiger charge is -2.17. The molecule has 1 aliphatic rings. The fraction of sp³-hybridized carbons (Fsp3) is 0.250. The van der Waals surface area contributed by atoms with E-state index in [4.69, 9.17) is 9.47 Å². The molecule has 154 valence electrons. The molecular weight excluding hydrogens is 383 g/mol. The van der Waals surface area contributed by atoms with E-state index in [1.807, 2.05) is 23.1 Å². The van der Waals surface area contributed by atoms with Gasteiger partial charge in [-0.1, -0.05) is 24.3 Å². The van der Waals surface area contributed by atoms with Crippen LogP contribution in [0.4, 0.5) is 4.39 Å². The van der Waals surface area contributed by atoms with Crippen molar-refractivity contribution in [2.24, 2.45) is 0 Å². The van der Waals surface area contributed by atoms with Crippen LogP contribution in [-0.4, -0.2) is 35.0 Å². The monoisotopic (exact) mass is 406 g/mol. The molecule has 0 saturated carbocycles. The minimum absolute atomic E-state index is 0.0204. The lowest BCUT2D eigenvalue weighted by atomic mass is 10.2. The molecule has 1 atom stereocenters. The second kappa shape index (κ2) is 9.50. The molecule has 0 aliphatic carbocycles. The predicted molar refractivity (Wildman–Crippen MR) is 111 cm³/mol. The summed E-state index contributed by atoms with van der Waals surface area (Å²) in [6, 6.07) is 17.2. The highest BCUT2D eigenvalue weighted by Crippen LogP contribution is 2.21. The molecule has 0 bridgehead atoms. The van der Waals surface area contributed by atoms with Crippen LogP contribution in [0.2, 0.25) is 0 Å². The topological polar surface area (TPSA) is 51.7 Å². The summed E-state index contributed by atoms with van der Waals surface area (Å²) in [4.78, 5) is 18.8. The number of amides is 1. The molecule has 6 heteroatoms. The van der Waals surface area contributed by atoms with Crippen LogP contribution < -0.4 is 4.74 Å². The van der Waals surface area contributed by atoms with Gasteiger partial charge in [0.2, 0.25) is 0 Å². The van der Waals surface area contributed by atoms with Gasteiger partial charge >= 0.3 is 0 Å². The van der Waals surface area contributed by atoms with E-state index < -0.39 is 0 Å². The van der Waals surface area contributed by atoms with Crippen molar-refractivity contribution < 1.29 is 18.7 Å². The lowest BCUT2D eigenvalue weighted by molar-refractivity contribution is 0.0436. The molecule has 4 rings (SSSR count). The van der Waals surface area contributed by atoms with Crippen molar-refractivity contribution in [2.75, 3.05) is 13.1 Å². The van der Waals surface area contributed by atoms with Crippen molar-refractivity contribution in [3.63, 3.8) is 0 Å². The third kappa shape index (κ3) is 5.21. The van der Waals surface area contributed by atoms with Crippen LogP contribution >= 0.6 is 0 Å². The maximum atomic E-state index is 13.0. The average Bonchev–Trinajstić information content (AvgIpc) is 3.27. The van der Waals surface area contributed by atoms with Gasteiger partial charge in [0.25, 0.3) is 5.91 Å². The fourth-order valence-electron chi connectivity index (χ4n) is 3.40. The van der Waals surface area contributed by atoms with E-state index in [0.717, 1.165) is 17.5 Å². The summed E-state index contributed by atoms with van der Waals surface area (Å²) in [6.45, 7) is 2.04. The number of ether oxygens (including phenoxy) is 2. The predicted octanol–water partition coefficient (Wildman–Crippen LogP) is 4.23. The summed E-state index contributed by atoms with van der Waals surface area (Å²) < 4.78 is 24.7. The molecule has 5 nitrogen and oxygen atoms in total. The van der Waals surface area contributed by atoms with Crippen LogP contribution in [0.3, 0.4) is 0 Å². The quantitative estimate of drug-likeness (QED) is 0.589. The molecule has 1 fully saturated rings. The highest BCUT2D eigenvalue weighted by atomic mass is 19.1. The van der Waals surface area contributed by atoms with E-state index in [9.17, 15) is 9.18 Å². The maximum absolute atomic E-state index is 13.0. The molecule has 0 spiro atoms. The number of hydrogen-bond acceptors (Lipinski definition) is 4. The second-order valence-electron chi connectivity index (χ2n) is 7.28. The number of carbonyl (C=O) groups excluding carboxylic acids is 1. The molecule has 0 radical (unpaired) electrons. The first-order chi connectivity index (χ1) is 14.7. The number of pyridine rings is 1. The first-order valence-electron chi connectivity index (χ1n) is 9.94. The van der Waals surface area contributed by atoms with Gasteiger partial charge in [0.1, 0.15) is 18.2 Å². The maximum Gasteiger partial charge on any atom is 0.254 e. The van der Waals surface area contributed by atoms with E-state index in [2.05, 4.69) is 4.98 Å². The number of nitrogens with zero attached hydrogens (tertiary/aromatic N) is 2. The Hall–Kier alpha value is -3.25. The largest absolute Gasteiger partial charge is 0.489 e. The normalized spacial score (nSPS) is 15.9. The van der Waals surface area contributed by atoms with Crippen LogP contribution in [-0.2, 0) is 18.0 Å². The van der Waals surface area contributed by atoms with Gasteiger partial charge < -0.3 is 14.4 Å². The number of halogens is 1. The van der Waals surface area contributed by atoms with Crippen molar-refractivity contribution in [1.82, 2.24) is 9.88 Å². The molecule has 1 amide bonds. The van der Waals surface area contributed by atoms with Gasteiger partial charge in [-0.3, -0.25) is 9.78 Å². The Bertz CT molecular complexity index is 979. The molecule has 1 saturated heterocycles. The van der Waals surface area contributed by atoms with Crippen LogP contribution in [0.25, 0.3) is 0 Å². The summed E-state index contributed by atoms with van der Waals surface area (Å²) in [5.74, 6) is 0.295. The van der Waals surface area contributed by atoms with Crippen LogP contribution in [0.1, 0.15) is 27.9 Å². The van der Waals surface area contributed by atoms with E-state index in [0.29, 0.717) is 37.6 Å². The Kier molecular flexibility index (Phi) is 6.35. The third-order valence-electron chi connectivity index (χ3n) is 5.04.